The summed E-state index contributed by atoms with van der Waals surface area (Å²) >= 11 is 0. The third-order valence-electron chi connectivity index (χ3n) is 5.57. The van der Waals surface area contributed by atoms with Crippen molar-refractivity contribution in [2.75, 3.05) is 13.2 Å². The zero-order valence-corrected chi connectivity index (χ0v) is 17.9. The van der Waals surface area contributed by atoms with Gasteiger partial charge in [-0.1, -0.05) is 78.1 Å². The number of rotatable bonds is 16. The molecule has 1 saturated heterocycles. The lowest BCUT2D eigenvalue weighted by Crippen LogP contribution is -2.66. The van der Waals surface area contributed by atoms with Crippen LogP contribution >= 0.6 is 0 Å². The molecule has 28 heavy (non-hydrogen) atoms. The van der Waals surface area contributed by atoms with Gasteiger partial charge < -0.3 is 29.9 Å². The smallest absolute Gasteiger partial charge is 0.197 e. The Bertz CT molecular complexity index is 411. The van der Waals surface area contributed by atoms with Crippen LogP contribution in [0.1, 0.15) is 98.7 Å². The molecule has 1 aliphatic heterocycles. The topological polar surface area (TPSA) is 99.4 Å². The van der Waals surface area contributed by atoms with Gasteiger partial charge in [-0.2, -0.15) is 0 Å². The van der Waals surface area contributed by atoms with Crippen molar-refractivity contribution in [2.45, 2.75) is 127 Å². The zero-order valence-electron chi connectivity index (χ0n) is 18.9. The predicted molar refractivity (Wildman–Crippen MR) is 110 cm³/mol. The highest BCUT2D eigenvalue weighted by Crippen LogP contribution is 2.36. The summed E-state index contributed by atoms with van der Waals surface area (Å²) in [5.74, 6) is -1.58. The normalized spacial score (nSPS) is 32.3. The van der Waals surface area contributed by atoms with E-state index in [0.717, 1.165) is 44.9 Å². The van der Waals surface area contributed by atoms with E-state index in [-0.39, 0.29) is 6.42 Å². The fourth-order valence-electron chi connectivity index (χ4n) is 3.70. The van der Waals surface area contributed by atoms with Gasteiger partial charge in [-0.25, -0.2) is 0 Å². The van der Waals surface area contributed by atoms with Gasteiger partial charge in [0.25, 0.3) is 0 Å². The maximum atomic E-state index is 10.7. The Morgan fingerprint density at radius 2 is 1.43 bits per heavy atom. The molecule has 4 N–H and O–H groups in total. The second-order valence-electron chi connectivity index (χ2n) is 8.04. The average molecular weight is 406 g/mol. The molecule has 2 unspecified atom stereocenters. The van der Waals surface area contributed by atoms with Crippen LogP contribution in [0.5, 0.6) is 0 Å². The van der Waals surface area contributed by atoms with Crippen molar-refractivity contribution in [3.63, 3.8) is 0 Å². The minimum atomic E-state index is -1.58. The fraction of sp³-hybridized carbons (Fsp3) is 1.00. The van der Waals surface area contributed by atoms with Crippen LogP contribution in [0.25, 0.3) is 0 Å². The summed E-state index contributed by atoms with van der Waals surface area (Å²) < 4.78 is 20.2. The van der Waals surface area contributed by atoms with E-state index >= 15 is 0 Å². The van der Waals surface area contributed by atoms with E-state index in [1.807, 2.05) is 0 Å². The van der Waals surface area contributed by atoms with Gasteiger partial charge >= 0.3 is 0 Å². The van der Waals surface area contributed by atoms with Crippen molar-refractivity contribution in [3.05, 3.63) is 0 Å². The highest BCUT2D eigenvalue weighted by molar-refractivity contribution is 4.97. The summed E-state index contributed by atoms with van der Waals surface area (Å²) in [6.07, 6.45) is 5.55. The summed E-state index contributed by atoms with van der Waals surface area (Å²) in [7, 11) is 0. The van der Waals surface area contributed by atoms with Crippen LogP contribution in [0.3, 0.4) is 0 Å². The van der Waals surface area contributed by atoms with E-state index < -0.39 is 43.2 Å². The van der Waals surface area contributed by atoms with Crippen molar-refractivity contribution < 1.29 is 31.3 Å². The monoisotopic (exact) mass is 405 g/mol. The molecule has 1 rings (SSSR count). The molecule has 0 amide bonds. The van der Waals surface area contributed by atoms with Gasteiger partial charge in [-0.15, -0.1) is 0 Å². The van der Waals surface area contributed by atoms with Crippen molar-refractivity contribution in [2.24, 2.45) is 0 Å². The Morgan fingerprint density at radius 1 is 0.857 bits per heavy atom. The summed E-state index contributed by atoms with van der Waals surface area (Å²) in [6, 6.07) is 0. The summed E-state index contributed by atoms with van der Waals surface area (Å²) in [5, 5.41) is 40.6. The summed E-state index contributed by atoms with van der Waals surface area (Å²) in [6.45, 7) is 4.15. The molecule has 6 atom stereocenters. The number of aliphatic hydroxyl groups excluding tert-OH is 4. The predicted octanol–water partition coefficient (Wildman–Crippen LogP) is 3.28. The summed E-state index contributed by atoms with van der Waals surface area (Å²) in [5.41, 5.74) is 0. The second kappa shape index (κ2) is 14.7. The van der Waals surface area contributed by atoms with Crippen LogP contribution < -0.4 is 0 Å². The van der Waals surface area contributed by atoms with E-state index in [1.54, 1.807) is 0 Å². The quantitative estimate of drug-likeness (QED) is 0.294. The van der Waals surface area contributed by atoms with Gasteiger partial charge in [0.2, 0.25) is 0 Å². The number of hydrogen-bond acceptors (Lipinski definition) is 6. The van der Waals surface area contributed by atoms with Crippen molar-refractivity contribution >= 4 is 0 Å². The molecule has 1 fully saturated rings. The molecule has 0 bridgehead atoms. The van der Waals surface area contributed by atoms with Crippen molar-refractivity contribution in [1.82, 2.24) is 0 Å². The van der Waals surface area contributed by atoms with E-state index in [2.05, 4.69) is 13.8 Å². The van der Waals surface area contributed by atoms with E-state index in [4.69, 9.17) is 10.8 Å². The number of unbranched alkanes of at least 4 members (excludes halogenated alkanes) is 8. The fourth-order valence-corrected chi connectivity index (χ4v) is 3.70. The average Bonchev–Trinajstić information content (AvgIpc) is 2.71. The molecule has 0 saturated carbocycles. The first-order valence-corrected chi connectivity index (χ1v) is 11.3. The standard InChI is InChI=1S/C22H44O6/c1-3-5-7-9-11-13-15-22(27-16-14-12-10-8-6-4-2)21(26)20(25)19(24)18(17-23)28-22/h18-21,23-26H,3-17H2,1-2H3/t18-,19+,20+,21-,22?/m1/s1/i13D/t13?,18-,19+,20+,21-,22?. The van der Waals surface area contributed by atoms with Gasteiger partial charge in [0.15, 0.2) is 5.79 Å². The van der Waals surface area contributed by atoms with E-state index in [0.29, 0.717) is 13.0 Å². The Kier molecular flexibility index (Phi) is 12.6. The molecular formula is C22H44O6. The molecule has 6 nitrogen and oxygen atoms in total. The van der Waals surface area contributed by atoms with Gasteiger partial charge in [-0.05, 0) is 12.8 Å². The van der Waals surface area contributed by atoms with Crippen molar-refractivity contribution in [3.8, 4) is 0 Å². The minimum absolute atomic E-state index is 0.0937. The first-order chi connectivity index (χ1) is 13.9. The maximum Gasteiger partial charge on any atom is 0.197 e. The highest BCUT2D eigenvalue weighted by Gasteiger charge is 2.53. The van der Waals surface area contributed by atoms with Gasteiger partial charge in [0, 0.05) is 7.79 Å². The van der Waals surface area contributed by atoms with Crippen LogP contribution in [0, 0.1) is 0 Å². The number of aliphatic hydroxyl groups is 4. The highest BCUT2D eigenvalue weighted by atomic mass is 16.7. The van der Waals surface area contributed by atoms with Crippen LogP contribution in [0.15, 0.2) is 0 Å². The number of hydrogen-bond donors (Lipinski definition) is 4. The van der Waals surface area contributed by atoms with E-state index in [9.17, 15) is 20.4 Å². The molecular weight excluding hydrogens is 360 g/mol. The Balaban J connectivity index is 2.71. The summed E-state index contributed by atoms with van der Waals surface area (Å²) in [4.78, 5) is 0. The number of ether oxygens (including phenoxy) is 2. The van der Waals surface area contributed by atoms with Gasteiger partial charge in [0.05, 0.1) is 13.2 Å². The molecule has 1 heterocycles. The van der Waals surface area contributed by atoms with Crippen LogP contribution in [0.2, 0.25) is 0 Å². The zero-order chi connectivity index (χ0) is 21.7. The first kappa shape index (κ1) is 24.0. The molecule has 0 aromatic carbocycles. The Morgan fingerprint density at radius 3 is 2.04 bits per heavy atom. The van der Waals surface area contributed by atoms with Crippen LogP contribution in [0.4, 0.5) is 0 Å². The first-order valence-electron chi connectivity index (χ1n) is 11.9. The largest absolute Gasteiger partial charge is 0.394 e. The van der Waals surface area contributed by atoms with Crippen LogP contribution in [-0.4, -0.2) is 63.8 Å². The molecule has 0 aromatic rings. The van der Waals surface area contributed by atoms with Crippen LogP contribution in [-0.2, 0) is 9.47 Å². The second-order valence-corrected chi connectivity index (χ2v) is 8.04. The Hall–Kier alpha value is -0.240. The maximum absolute atomic E-state index is 10.7. The lowest BCUT2D eigenvalue weighted by Gasteiger charge is -2.48. The molecule has 0 spiro atoms. The molecule has 0 aromatic heterocycles. The molecule has 0 aliphatic carbocycles. The lowest BCUT2D eigenvalue weighted by atomic mass is 9.89. The Labute approximate surface area is 172 Å². The van der Waals surface area contributed by atoms with Gasteiger partial charge in [0.1, 0.15) is 24.4 Å². The minimum Gasteiger partial charge on any atom is -0.394 e. The molecule has 6 heteroatoms. The van der Waals surface area contributed by atoms with Gasteiger partial charge in [-0.3, -0.25) is 0 Å². The van der Waals surface area contributed by atoms with Crippen molar-refractivity contribution in [1.29, 1.82) is 0 Å². The molecule has 0 radical (unpaired) electrons. The lowest BCUT2D eigenvalue weighted by molar-refractivity contribution is -0.366. The molecule has 1 aliphatic rings. The third-order valence-corrected chi connectivity index (χ3v) is 5.57. The third kappa shape index (κ3) is 8.25. The molecule has 168 valence electrons. The SMILES string of the molecule is [2H]C(CCCCCC)CC1(OCCCCCCCC)O[C@H](CO)[C@H](O)[C@H](O)[C@H]1O. The van der Waals surface area contributed by atoms with E-state index in [1.165, 1.54) is 19.3 Å².